The smallest absolute Gasteiger partial charge is 0.349 e. The van der Waals surface area contributed by atoms with Crippen molar-refractivity contribution in [1.82, 2.24) is 20.3 Å². The van der Waals surface area contributed by atoms with Crippen LogP contribution >= 0.6 is 11.6 Å². The first-order valence-corrected chi connectivity index (χ1v) is 14.9. The summed E-state index contributed by atoms with van der Waals surface area (Å²) in [5.41, 5.74) is 5.65. The Morgan fingerprint density at radius 2 is 1.89 bits per heavy atom. The lowest BCUT2D eigenvalue weighted by Gasteiger charge is -2.26. The minimum absolute atomic E-state index is 0.0349. The number of rotatable bonds is 9. The molecule has 1 aliphatic carbocycles. The first-order chi connectivity index (χ1) is 21.7. The number of aliphatic carboxylic acids is 1. The number of nitrogens with zero attached hydrogens (tertiary/aromatic N) is 3. The summed E-state index contributed by atoms with van der Waals surface area (Å²) in [4.78, 5) is 36.8. The third kappa shape index (κ3) is 6.66. The number of nitrogens with one attached hydrogen (secondary N) is 2. The topological polar surface area (TPSA) is 135 Å². The predicted molar refractivity (Wildman–Crippen MR) is 169 cm³/mol. The van der Waals surface area contributed by atoms with Gasteiger partial charge in [-0.15, -0.1) is 5.10 Å². The molecule has 0 radical (unpaired) electrons. The lowest BCUT2D eigenvalue weighted by Crippen LogP contribution is -2.30. The number of hydrogen-bond acceptors (Lipinski definition) is 6. The lowest BCUT2D eigenvalue weighted by atomic mass is 9.87. The number of carboxylic acids is 1. The third-order valence-corrected chi connectivity index (χ3v) is 8.14. The van der Waals surface area contributed by atoms with Crippen molar-refractivity contribution in [1.29, 1.82) is 0 Å². The second kappa shape index (κ2) is 12.8. The van der Waals surface area contributed by atoms with Crippen LogP contribution in [0.5, 0.6) is 5.75 Å². The van der Waals surface area contributed by atoms with Crippen LogP contribution in [-0.4, -0.2) is 37.9 Å². The van der Waals surface area contributed by atoms with Gasteiger partial charge in [0.05, 0.1) is 18.1 Å². The van der Waals surface area contributed by atoms with Crippen molar-refractivity contribution in [3.8, 4) is 5.75 Å². The molecule has 4 aromatic carbocycles. The molecule has 0 saturated heterocycles. The summed E-state index contributed by atoms with van der Waals surface area (Å²) in [6.07, 6.45) is 1.60. The molecule has 0 aliphatic heterocycles. The van der Waals surface area contributed by atoms with Gasteiger partial charge in [0.25, 0.3) is 5.91 Å². The van der Waals surface area contributed by atoms with E-state index in [1.54, 1.807) is 65.3 Å². The number of halogens is 1. The van der Waals surface area contributed by atoms with Crippen molar-refractivity contribution >= 4 is 46.1 Å². The van der Waals surface area contributed by atoms with Crippen molar-refractivity contribution in [2.24, 2.45) is 0 Å². The van der Waals surface area contributed by atoms with Gasteiger partial charge in [0.15, 0.2) is 0 Å². The molecule has 6 rings (SSSR count). The van der Waals surface area contributed by atoms with Gasteiger partial charge < -0.3 is 20.5 Å². The van der Waals surface area contributed by atoms with Crippen molar-refractivity contribution in [2.45, 2.75) is 44.9 Å². The summed E-state index contributed by atoms with van der Waals surface area (Å²) in [5.74, 6) is -1.34. The summed E-state index contributed by atoms with van der Waals surface area (Å²) in [6.45, 7) is 1.60. The molecule has 0 spiro atoms. The second-order valence-electron chi connectivity index (χ2n) is 11.0. The fourth-order valence-electron chi connectivity index (χ4n) is 5.66. The predicted octanol–water partition coefficient (Wildman–Crippen LogP) is 6.10. The van der Waals surface area contributed by atoms with Gasteiger partial charge in [-0.2, -0.15) is 0 Å². The molecule has 0 fully saturated rings. The number of anilines is 1. The van der Waals surface area contributed by atoms with Crippen molar-refractivity contribution in [3.63, 3.8) is 0 Å². The van der Waals surface area contributed by atoms with Gasteiger partial charge in [0.1, 0.15) is 11.3 Å². The molecule has 3 N–H and O–H groups in total. The molecular weight excluding hydrogens is 594 g/mol. The summed E-state index contributed by atoms with van der Waals surface area (Å²) in [7, 11) is 0. The molecule has 2 unspecified atom stereocenters. The van der Waals surface area contributed by atoms with E-state index in [0.717, 1.165) is 19.3 Å². The average Bonchev–Trinajstić information content (AvgIpc) is 3.43. The van der Waals surface area contributed by atoms with E-state index in [2.05, 4.69) is 33.1 Å². The van der Waals surface area contributed by atoms with Crippen LogP contribution in [0.15, 0.2) is 84.9 Å². The lowest BCUT2D eigenvalue weighted by molar-refractivity contribution is -0.145. The molecule has 11 heteroatoms. The standard InChI is InChI=1S/C34H30ClN5O5/c1-20(41)36-25-9-4-8-22(16-25)32(34(43)44)45-26-13-14-28(35)24(17-26)19-40-31-15-12-23(18-30(31)38-39-40)33(42)37-29-11-5-7-21-6-2-3-10-27(21)29/h2-4,6,8-10,12-18,29,32H,5,7,11,19H2,1H3,(H,36,41)(H,37,42)(H,43,44). The molecular formula is C34H30ClN5O5. The molecule has 1 aromatic heterocycles. The van der Waals surface area contributed by atoms with Crippen LogP contribution in [0.4, 0.5) is 5.69 Å². The number of aryl methyl sites for hydroxylation is 1. The maximum Gasteiger partial charge on any atom is 0.349 e. The highest BCUT2D eigenvalue weighted by molar-refractivity contribution is 6.31. The molecule has 10 nitrogen and oxygen atoms in total. The summed E-state index contributed by atoms with van der Waals surface area (Å²) in [6, 6.07) is 24.8. The minimum atomic E-state index is -1.33. The Labute approximate surface area is 264 Å². The number of aromatic nitrogens is 3. The molecule has 2 atom stereocenters. The first kappa shape index (κ1) is 29.8. The number of hydrogen-bond donors (Lipinski definition) is 3. The van der Waals surface area contributed by atoms with Gasteiger partial charge in [-0.1, -0.05) is 53.2 Å². The van der Waals surface area contributed by atoms with E-state index in [1.165, 1.54) is 18.1 Å². The molecule has 45 heavy (non-hydrogen) atoms. The quantitative estimate of drug-likeness (QED) is 0.180. The second-order valence-corrected chi connectivity index (χ2v) is 11.4. The number of fused-ring (bicyclic) bond motifs is 2. The van der Waals surface area contributed by atoms with Gasteiger partial charge >= 0.3 is 5.97 Å². The molecule has 228 valence electrons. The van der Waals surface area contributed by atoms with E-state index in [0.29, 0.717) is 44.2 Å². The fraction of sp³-hybridized carbons (Fsp3) is 0.206. The summed E-state index contributed by atoms with van der Waals surface area (Å²) < 4.78 is 7.55. The normalized spacial score (nSPS) is 14.8. The van der Waals surface area contributed by atoms with E-state index >= 15 is 0 Å². The molecule has 0 bridgehead atoms. The Morgan fingerprint density at radius 1 is 1.04 bits per heavy atom. The number of carboxylic acid groups (broad SMARTS) is 1. The van der Waals surface area contributed by atoms with Crippen LogP contribution < -0.4 is 15.4 Å². The summed E-state index contributed by atoms with van der Waals surface area (Å²) in [5, 5.41) is 24.7. The largest absolute Gasteiger partial charge is 0.478 e. The van der Waals surface area contributed by atoms with Gasteiger partial charge in [-0.05, 0) is 84.5 Å². The average molecular weight is 624 g/mol. The fourth-order valence-corrected chi connectivity index (χ4v) is 5.84. The van der Waals surface area contributed by atoms with E-state index in [-0.39, 0.29) is 24.4 Å². The van der Waals surface area contributed by atoms with E-state index < -0.39 is 12.1 Å². The molecule has 0 saturated carbocycles. The Morgan fingerprint density at radius 3 is 2.71 bits per heavy atom. The molecule has 2 amide bonds. The number of amides is 2. The van der Waals surface area contributed by atoms with Gasteiger partial charge in [-0.3, -0.25) is 9.59 Å². The van der Waals surface area contributed by atoms with Gasteiger partial charge in [0, 0.05) is 28.8 Å². The van der Waals surface area contributed by atoms with E-state index in [9.17, 15) is 19.5 Å². The highest BCUT2D eigenvalue weighted by atomic mass is 35.5. The van der Waals surface area contributed by atoms with Crippen LogP contribution in [0, 0.1) is 0 Å². The van der Waals surface area contributed by atoms with Crippen LogP contribution in [0.25, 0.3) is 11.0 Å². The van der Waals surface area contributed by atoms with E-state index in [4.69, 9.17) is 16.3 Å². The van der Waals surface area contributed by atoms with Crippen LogP contribution in [0.1, 0.15) is 64.5 Å². The third-order valence-electron chi connectivity index (χ3n) is 7.78. The first-order valence-electron chi connectivity index (χ1n) is 14.5. The van der Waals surface area contributed by atoms with E-state index in [1.807, 2.05) is 12.1 Å². The summed E-state index contributed by atoms with van der Waals surface area (Å²) >= 11 is 6.52. The monoisotopic (exact) mass is 623 g/mol. The van der Waals surface area contributed by atoms with Crippen LogP contribution in [0.3, 0.4) is 0 Å². The minimum Gasteiger partial charge on any atom is -0.478 e. The number of ether oxygens (including phenoxy) is 1. The number of carbonyl (C=O) groups excluding carboxylic acids is 2. The molecule has 5 aromatic rings. The van der Waals surface area contributed by atoms with Crippen molar-refractivity contribution < 1.29 is 24.2 Å². The Kier molecular flexibility index (Phi) is 8.48. The SMILES string of the molecule is CC(=O)Nc1cccc(C(Oc2ccc(Cl)c(Cn3nnc4cc(C(=O)NC5CCCc6ccccc65)ccc43)c2)C(=O)O)c1. The maximum atomic E-state index is 13.2. The van der Waals surface area contributed by atoms with Crippen molar-refractivity contribution in [2.75, 3.05) is 5.32 Å². The molecule has 1 aliphatic rings. The Balaban J connectivity index is 1.19. The van der Waals surface area contributed by atoms with Crippen molar-refractivity contribution in [3.05, 3.63) is 118 Å². The number of benzene rings is 4. The zero-order valence-electron chi connectivity index (χ0n) is 24.4. The van der Waals surface area contributed by atoms with Gasteiger partial charge in [0.2, 0.25) is 12.0 Å². The number of carbonyl (C=O) groups is 3. The molecule has 1 heterocycles. The zero-order chi connectivity index (χ0) is 31.5. The highest BCUT2D eigenvalue weighted by Gasteiger charge is 2.24. The highest BCUT2D eigenvalue weighted by Crippen LogP contribution is 2.31. The maximum absolute atomic E-state index is 13.2. The zero-order valence-corrected chi connectivity index (χ0v) is 25.1. The van der Waals surface area contributed by atoms with Crippen LogP contribution in [0.2, 0.25) is 5.02 Å². The Bertz CT molecular complexity index is 1920. The van der Waals surface area contributed by atoms with Gasteiger partial charge in [-0.25, -0.2) is 9.48 Å². The Hall–Kier alpha value is -5.22. The van der Waals surface area contributed by atoms with Crippen LogP contribution in [-0.2, 0) is 22.6 Å².